The van der Waals surface area contributed by atoms with Gasteiger partial charge in [0.05, 0.1) is 37.7 Å². The molecule has 0 bridgehead atoms. The van der Waals surface area contributed by atoms with Gasteiger partial charge < -0.3 is 66.0 Å². The predicted molar refractivity (Wildman–Crippen MR) is 231 cm³/mol. The number of benzene rings is 2. The summed E-state index contributed by atoms with van der Waals surface area (Å²) in [6.45, 7) is 2.14. The van der Waals surface area contributed by atoms with Gasteiger partial charge in [-0.25, -0.2) is 0 Å². The average molecular weight is 862 g/mol. The molecule has 14 heteroatoms. The van der Waals surface area contributed by atoms with Crippen LogP contribution in [0, 0.1) is 34.0 Å². The summed E-state index contributed by atoms with van der Waals surface area (Å²) in [6, 6.07) is 8.08. The van der Waals surface area contributed by atoms with Gasteiger partial charge in [-0.1, -0.05) is 31.4 Å². The van der Waals surface area contributed by atoms with Crippen LogP contribution < -0.4 is 30.6 Å². The number of rotatable bonds is 15. The van der Waals surface area contributed by atoms with Crippen molar-refractivity contribution in [2.45, 2.75) is 127 Å². The van der Waals surface area contributed by atoms with Crippen LogP contribution in [0.1, 0.15) is 108 Å². The first-order valence-electron chi connectivity index (χ1n) is 22.8. The van der Waals surface area contributed by atoms with E-state index >= 15 is 0 Å². The van der Waals surface area contributed by atoms with Crippen LogP contribution in [-0.4, -0.2) is 94.6 Å². The maximum absolute atomic E-state index is 13.4. The molecule has 2 aromatic rings. The number of aryl methyl sites for hydroxylation is 1. The number of aliphatic hydroxyl groups is 3. The fraction of sp³-hybridized carbons (Fsp3) is 0.646. The van der Waals surface area contributed by atoms with E-state index in [1.807, 2.05) is 6.08 Å². The molecule has 62 heavy (non-hydrogen) atoms. The highest BCUT2D eigenvalue weighted by atomic mass is 16.6. The Morgan fingerprint density at radius 2 is 1.79 bits per heavy atom. The number of carboxylic acids is 1. The fourth-order valence-corrected chi connectivity index (χ4v) is 13.9. The molecule has 2 saturated heterocycles. The van der Waals surface area contributed by atoms with Crippen LogP contribution in [0.2, 0.25) is 0 Å². The van der Waals surface area contributed by atoms with Gasteiger partial charge in [0.25, 0.3) is 0 Å². The third-order valence-electron chi connectivity index (χ3n) is 16.1. The summed E-state index contributed by atoms with van der Waals surface area (Å²) in [5.74, 6) is -0.169. The minimum absolute atomic E-state index is 0.0240. The van der Waals surface area contributed by atoms with Crippen LogP contribution in [-0.2, 0) is 16.0 Å². The molecule has 0 aromatic heterocycles. The lowest BCUT2D eigenvalue weighted by molar-refractivity contribution is -0.203. The fourth-order valence-electron chi connectivity index (χ4n) is 13.9. The summed E-state index contributed by atoms with van der Waals surface area (Å²) in [7, 11) is 1.47. The maximum Gasteiger partial charge on any atom is 0.304 e. The number of hydrogen-bond acceptors (Lipinski definition) is 13. The monoisotopic (exact) mass is 861 g/mol. The van der Waals surface area contributed by atoms with Crippen molar-refractivity contribution in [3.8, 4) is 28.7 Å². The molecule has 2 spiro atoms. The minimum atomic E-state index is -0.830. The number of carbonyl (C=O) groups is 1. The number of methoxy groups -OCH3 is 1. The summed E-state index contributed by atoms with van der Waals surface area (Å²) < 4.78 is 24.4. The summed E-state index contributed by atoms with van der Waals surface area (Å²) in [5, 5.41) is 70.9. The van der Waals surface area contributed by atoms with Crippen molar-refractivity contribution in [2.24, 2.45) is 39.7 Å². The molecule has 340 valence electrons. The molecule has 3 aliphatic carbocycles. The molecule has 14 nitrogen and oxygen atoms in total. The van der Waals surface area contributed by atoms with Gasteiger partial charge in [-0.05, 0) is 141 Å². The first kappa shape index (κ1) is 44.4. The van der Waals surface area contributed by atoms with Crippen LogP contribution in [0.5, 0.6) is 28.7 Å². The number of piperidine rings is 1. The molecule has 2 aromatic carbocycles. The van der Waals surface area contributed by atoms with E-state index in [2.05, 4.69) is 23.6 Å². The Labute approximate surface area is 364 Å². The Morgan fingerprint density at radius 3 is 2.52 bits per heavy atom. The smallest absolute Gasteiger partial charge is 0.304 e. The van der Waals surface area contributed by atoms with E-state index in [-0.39, 0.29) is 83.7 Å². The normalized spacial score (nSPS) is 33.8. The SMILES string of the molecule is COc1cc(C2OC(CCc3ccc(O)c(OCO)c3)CC(O)C2CCO)cc(OCC2NC(C)CC34CCCC3C3(CCCC3)CC(C3=CCNC(N)=C3)C24CC(=O)O)c1O. The van der Waals surface area contributed by atoms with Crippen molar-refractivity contribution in [2.75, 3.05) is 33.7 Å². The molecule has 10 unspecified atom stereocenters. The van der Waals surface area contributed by atoms with E-state index in [4.69, 9.17) is 24.7 Å². The Hall–Kier alpha value is -4.21. The number of nitrogens with one attached hydrogen (secondary N) is 2. The molecular weight excluding hydrogens is 795 g/mol. The zero-order chi connectivity index (χ0) is 43.8. The molecule has 3 heterocycles. The van der Waals surface area contributed by atoms with Crippen molar-refractivity contribution in [3.63, 3.8) is 0 Å². The lowest BCUT2D eigenvalue weighted by Gasteiger charge is -2.70. The number of dihydropyridines is 1. The van der Waals surface area contributed by atoms with Crippen LogP contribution in [0.15, 0.2) is 53.9 Å². The second-order valence-corrected chi connectivity index (χ2v) is 19.2. The van der Waals surface area contributed by atoms with Crippen molar-refractivity contribution in [3.05, 3.63) is 65.0 Å². The van der Waals surface area contributed by atoms with Gasteiger partial charge in [-0.15, -0.1) is 0 Å². The van der Waals surface area contributed by atoms with E-state index in [0.29, 0.717) is 43.1 Å². The van der Waals surface area contributed by atoms with Gasteiger partial charge in [0, 0.05) is 36.6 Å². The van der Waals surface area contributed by atoms with E-state index in [0.717, 1.165) is 43.2 Å². The van der Waals surface area contributed by atoms with Gasteiger partial charge in [0.15, 0.2) is 29.8 Å². The standard InChI is InChI=1S/C48H67N3O11/c1-28-23-47-15-5-6-40(47)46(13-3-4-14-46)24-34(30-11-16-50-42(49)21-30)48(47,25-43(56)57)41(51-28)26-60-39-20-31(19-38(59-2)44(39)58)45-33(12-17-52)36(55)22-32(62-45)9-7-29-8-10-35(54)37(18-29)61-27-53/h8,10-11,18-21,28,32-34,36,40-41,45,50-55,58H,3-7,9,12-17,22-27,49H2,1-2H3,(H,56,57). The number of aliphatic carboxylic acids is 1. The van der Waals surface area contributed by atoms with Gasteiger partial charge in [-0.3, -0.25) is 4.79 Å². The number of hydrogen-bond donors (Lipinski definition) is 9. The predicted octanol–water partition coefficient (Wildman–Crippen LogP) is 5.54. The quantitative estimate of drug-likeness (QED) is 0.100. The van der Waals surface area contributed by atoms with Crippen molar-refractivity contribution in [1.29, 1.82) is 0 Å². The number of fused-ring (bicyclic) bond motifs is 1. The summed E-state index contributed by atoms with van der Waals surface area (Å²) in [5.41, 5.74) is 8.21. The summed E-state index contributed by atoms with van der Waals surface area (Å²) >= 11 is 0. The largest absolute Gasteiger partial charge is 0.504 e. The second kappa shape index (κ2) is 18.1. The van der Waals surface area contributed by atoms with Crippen molar-refractivity contribution in [1.82, 2.24) is 10.6 Å². The molecular formula is C48H67N3O11. The molecule has 0 amide bonds. The molecule has 5 fully saturated rings. The molecule has 8 rings (SSSR count). The van der Waals surface area contributed by atoms with E-state index in [1.54, 1.807) is 24.3 Å². The third kappa shape index (κ3) is 7.99. The number of nitrogens with two attached hydrogens (primary N) is 1. The van der Waals surface area contributed by atoms with Crippen LogP contribution in [0.25, 0.3) is 0 Å². The Morgan fingerprint density at radius 1 is 1.00 bits per heavy atom. The highest BCUT2D eigenvalue weighted by molar-refractivity contribution is 5.69. The average Bonchev–Trinajstić information content (AvgIpc) is 3.90. The zero-order valence-electron chi connectivity index (χ0n) is 36.2. The van der Waals surface area contributed by atoms with Crippen molar-refractivity contribution >= 4 is 5.97 Å². The van der Waals surface area contributed by atoms with Gasteiger partial charge in [0.1, 0.15) is 6.61 Å². The molecule has 10 atom stereocenters. The number of aromatic hydroxyl groups is 2. The van der Waals surface area contributed by atoms with Gasteiger partial charge in [-0.2, -0.15) is 0 Å². The van der Waals surface area contributed by atoms with Crippen LogP contribution in [0.3, 0.4) is 0 Å². The number of phenols is 2. The van der Waals surface area contributed by atoms with E-state index in [1.165, 1.54) is 38.9 Å². The van der Waals surface area contributed by atoms with E-state index in [9.17, 15) is 35.4 Å². The first-order valence-corrected chi connectivity index (χ1v) is 22.8. The highest BCUT2D eigenvalue weighted by Crippen LogP contribution is 2.77. The van der Waals surface area contributed by atoms with E-state index < -0.39 is 42.3 Å². The number of phenolic OH excluding ortho intramolecular Hbond substituents is 2. The molecule has 6 aliphatic rings. The van der Waals surface area contributed by atoms with Crippen molar-refractivity contribution < 1.29 is 54.4 Å². The Balaban J connectivity index is 1.13. The second-order valence-electron chi connectivity index (χ2n) is 19.2. The highest BCUT2D eigenvalue weighted by Gasteiger charge is 2.73. The number of carboxylic acid groups (broad SMARTS) is 1. The number of ether oxygens (including phenoxy) is 4. The molecule has 3 aliphatic heterocycles. The maximum atomic E-state index is 13.4. The number of aliphatic hydroxyl groups excluding tert-OH is 3. The minimum Gasteiger partial charge on any atom is -0.504 e. The van der Waals surface area contributed by atoms with Crippen LogP contribution >= 0.6 is 0 Å². The third-order valence-corrected chi connectivity index (χ3v) is 16.1. The summed E-state index contributed by atoms with van der Waals surface area (Å²) in [6.07, 6.45) is 13.7. The lowest BCUT2D eigenvalue weighted by atomic mass is 9.36. The first-order chi connectivity index (χ1) is 29.9. The van der Waals surface area contributed by atoms with Crippen LogP contribution in [0.4, 0.5) is 0 Å². The summed E-state index contributed by atoms with van der Waals surface area (Å²) in [4.78, 5) is 13.4. The molecule has 10 N–H and O–H groups in total. The molecule has 3 saturated carbocycles. The van der Waals surface area contributed by atoms with Gasteiger partial charge >= 0.3 is 5.97 Å². The van der Waals surface area contributed by atoms with Gasteiger partial charge in [0.2, 0.25) is 5.75 Å². The number of allylic oxidation sites excluding steroid dienone is 2. The topological polar surface area (TPSA) is 225 Å². The Kier molecular flexibility index (Phi) is 13.0. The zero-order valence-corrected chi connectivity index (χ0v) is 36.2. The Bertz CT molecular complexity index is 2000. The molecule has 0 radical (unpaired) electrons. The lowest BCUT2D eigenvalue weighted by Crippen LogP contribution is -2.73.